The minimum atomic E-state index is 0.0798. The Morgan fingerprint density at radius 2 is 2.36 bits per heavy atom. The highest BCUT2D eigenvalue weighted by Crippen LogP contribution is 2.10. The van der Waals surface area contributed by atoms with E-state index in [2.05, 4.69) is 12.0 Å². The minimum Gasteiger partial charge on any atom is -0.323 e. The maximum Gasteiger partial charge on any atom is 0.0597 e. The van der Waals surface area contributed by atoms with Crippen molar-refractivity contribution < 1.29 is 0 Å². The highest BCUT2D eigenvalue weighted by Gasteiger charge is 2.06. The third-order valence-corrected chi connectivity index (χ3v) is 1.70. The smallest absolute Gasteiger partial charge is 0.0597 e. The molecule has 3 nitrogen and oxygen atoms in total. The van der Waals surface area contributed by atoms with Crippen molar-refractivity contribution in [2.75, 3.05) is 0 Å². The number of aromatic nitrogens is 2. The summed E-state index contributed by atoms with van der Waals surface area (Å²) in [6.07, 6.45) is 0. The van der Waals surface area contributed by atoms with Crippen LogP contribution in [0.25, 0.3) is 0 Å². The van der Waals surface area contributed by atoms with Gasteiger partial charge in [-0.2, -0.15) is 5.10 Å². The molecule has 2 N–H and O–H groups in total. The molecule has 11 heavy (non-hydrogen) atoms. The fraction of sp³-hybridized carbons (Fsp3) is 0.625. The van der Waals surface area contributed by atoms with Crippen LogP contribution in [-0.4, -0.2) is 9.78 Å². The van der Waals surface area contributed by atoms with E-state index in [0.29, 0.717) is 0 Å². The quantitative estimate of drug-likeness (QED) is 0.694. The lowest BCUT2D eigenvalue weighted by molar-refractivity contribution is 0.587. The summed E-state index contributed by atoms with van der Waals surface area (Å²) in [6.45, 7) is 6.92. The summed E-state index contributed by atoms with van der Waals surface area (Å²) in [4.78, 5) is 0. The highest BCUT2D eigenvalue weighted by atomic mass is 15.3. The molecule has 3 heteroatoms. The molecule has 0 saturated carbocycles. The summed E-state index contributed by atoms with van der Waals surface area (Å²) < 4.78 is 1.94. The number of hydrogen-bond acceptors (Lipinski definition) is 2. The Kier molecular flexibility index (Phi) is 2.29. The summed E-state index contributed by atoms with van der Waals surface area (Å²) in [5, 5.41) is 4.29. The average molecular weight is 153 g/mol. The van der Waals surface area contributed by atoms with E-state index >= 15 is 0 Å². The molecule has 1 rings (SSSR count). The molecule has 0 bridgehead atoms. The summed E-state index contributed by atoms with van der Waals surface area (Å²) in [5.74, 6) is 0. The van der Waals surface area contributed by atoms with E-state index in [9.17, 15) is 0 Å². The second-order valence-electron chi connectivity index (χ2n) is 2.82. The third kappa shape index (κ3) is 1.60. The van der Waals surface area contributed by atoms with Crippen LogP contribution in [0.5, 0.6) is 0 Å². The van der Waals surface area contributed by atoms with Crippen LogP contribution < -0.4 is 5.73 Å². The molecule has 0 aliphatic carbocycles. The van der Waals surface area contributed by atoms with Crippen molar-refractivity contribution in [1.82, 2.24) is 9.78 Å². The molecule has 0 unspecified atom stereocenters. The fourth-order valence-corrected chi connectivity index (χ4v) is 1.19. The van der Waals surface area contributed by atoms with Crippen LogP contribution in [-0.2, 0) is 6.54 Å². The van der Waals surface area contributed by atoms with Crippen molar-refractivity contribution in [3.05, 3.63) is 17.5 Å². The van der Waals surface area contributed by atoms with Gasteiger partial charge >= 0.3 is 0 Å². The Morgan fingerprint density at radius 1 is 1.73 bits per heavy atom. The highest BCUT2D eigenvalue weighted by molar-refractivity contribution is 5.11. The summed E-state index contributed by atoms with van der Waals surface area (Å²) in [6, 6.07) is 2.12. The Balaban J connectivity index is 3.02. The molecule has 0 aromatic carbocycles. The standard InChI is InChI=1S/C8H15N3/c1-4-11-8(7(3)9)5-6(2)10-11/h5,7H,4,9H2,1-3H3/t7-/m1/s1. The SMILES string of the molecule is CCn1nc(C)cc1[C@@H](C)N. The van der Waals surface area contributed by atoms with Crippen LogP contribution in [0, 0.1) is 6.92 Å². The zero-order chi connectivity index (χ0) is 8.43. The van der Waals surface area contributed by atoms with E-state index in [1.54, 1.807) is 0 Å². The maximum absolute atomic E-state index is 5.74. The fourth-order valence-electron chi connectivity index (χ4n) is 1.19. The van der Waals surface area contributed by atoms with Gasteiger partial charge in [0.15, 0.2) is 0 Å². The molecule has 1 atom stereocenters. The second kappa shape index (κ2) is 3.05. The van der Waals surface area contributed by atoms with E-state index in [1.807, 2.05) is 24.6 Å². The molecule has 0 spiro atoms. The Bertz CT molecular complexity index is 237. The van der Waals surface area contributed by atoms with Gasteiger partial charge < -0.3 is 5.73 Å². The first-order valence-corrected chi connectivity index (χ1v) is 3.95. The number of nitrogens with two attached hydrogens (primary N) is 1. The number of nitrogens with zero attached hydrogens (tertiary/aromatic N) is 2. The van der Waals surface area contributed by atoms with E-state index in [0.717, 1.165) is 17.9 Å². The average Bonchev–Trinajstić information content (AvgIpc) is 2.30. The van der Waals surface area contributed by atoms with Crippen LogP contribution in [0.4, 0.5) is 0 Å². The van der Waals surface area contributed by atoms with Gasteiger partial charge in [-0.05, 0) is 26.8 Å². The first-order valence-electron chi connectivity index (χ1n) is 3.95. The van der Waals surface area contributed by atoms with Crippen LogP contribution in [0.3, 0.4) is 0 Å². The van der Waals surface area contributed by atoms with Gasteiger partial charge in [0.2, 0.25) is 0 Å². The van der Waals surface area contributed by atoms with Gasteiger partial charge in [0.25, 0.3) is 0 Å². The van der Waals surface area contributed by atoms with Crippen molar-refractivity contribution >= 4 is 0 Å². The number of aryl methyl sites for hydroxylation is 2. The largest absolute Gasteiger partial charge is 0.323 e. The van der Waals surface area contributed by atoms with E-state index in [4.69, 9.17) is 5.73 Å². The molecule has 0 saturated heterocycles. The molecule has 62 valence electrons. The zero-order valence-electron chi connectivity index (χ0n) is 7.33. The molecular weight excluding hydrogens is 138 g/mol. The molecule has 0 aliphatic rings. The van der Waals surface area contributed by atoms with E-state index < -0.39 is 0 Å². The predicted octanol–water partition coefficient (Wildman–Crippen LogP) is 1.23. The minimum absolute atomic E-state index is 0.0798. The zero-order valence-corrected chi connectivity index (χ0v) is 7.33. The van der Waals surface area contributed by atoms with Crippen LogP contribution in [0.15, 0.2) is 6.07 Å². The van der Waals surface area contributed by atoms with Crippen molar-refractivity contribution in [1.29, 1.82) is 0 Å². The number of hydrogen-bond donors (Lipinski definition) is 1. The first-order chi connectivity index (χ1) is 5.15. The van der Waals surface area contributed by atoms with E-state index in [1.165, 1.54) is 0 Å². The topological polar surface area (TPSA) is 43.8 Å². The summed E-state index contributed by atoms with van der Waals surface area (Å²) >= 11 is 0. The Hall–Kier alpha value is -0.830. The predicted molar refractivity (Wildman–Crippen MR) is 45.2 cm³/mol. The summed E-state index contributed by atoms with van der Waals surface area (Å²) in [5.41, 5.74) is 7.90. The van der Waals surface area contributed by atoms with Gasteiger partial charge in [0.1, 0.15) is 0 Å². The van der Waals surface area contributed by atoms with Gasteiger partial charge in [-0.1, -0.05) is 0 Å². The molecule has 0 aliphatic heterocycles. The lowest BCUT2D eigenvalue weighted by atomic mass is 10.2. The second-order valence-corrected chi connectivity index (χ2v) is 2.82. The molecule has 0 amide bonds. The molecule has 0 fully saturated rings. The monoisotopic (exact) mass is 153 g/mol. The molecule has 0 radical (unpaired) electrons. The summed E-state index contributed by atoms with van der Waals surface area (Å²) in [7, 11) is 0. The van der Waals surface area contributed by atoms with Gasteiger partial charge in [-0.25, -0.2) is 0 Å². The third-order valence-electron chi connectivity index (χ3n) is 1.70. The van der Waals surface area contributed by atoms with Gasteiger partial charge in [-0.3, -0.25) is 4.68 Å². The lowest BCUT2D eigenvalue weighted by Gasteiger charge is -2.06. The van der Waals surface area contributed by atoms with Gasteiger partial charge in [0.05, 0.1) is 11.4 Å². The lowest BCUT2D eigenvalue weighted by Crippen LogP contribution is -2.12. The number of rotatable bonds is 2. The molecular formula is C8H15N3. The Morgan fingerprint density at radius 3 is 2.73 bits per heavy atom. The van der Waals surface area contributed by atoms with E-state index in [-0.39, 0.29) is 6.04 Å². The normalized spacial score (nSPS) is 13.5. The molecule has 1 heterocycles. The van der Waals surface area contributed by atoms with Crippen molar-refractivity contribution in [3.63, 3.8) is 0 Å². The van der Waals surface area contributed by atoms with Gasteiger partial charge in [0, 0.05) is 12.6 Å². The van der Waals surface area contributed by atoms with Crippen molar-refractivity contribution in [3.8, 4) is 0 Å². The van der Waals surface area contributed by atoms with Crippen molar-refractivity contribution in [2.24, 2.45) is 5.73 Å². The van der Waals surface area contributed by atoms with Crippen LogP contribution >= 0.6 is 0 Å². The van der Waals surface area contributed by atoms with Crippen molar-refractivity contribution in [2.45, 2.75) is 33.4 Å². The first kappa shape index (κ1) is 8.27. The maximum atomic E-state index is 5.74. The molecule has 1 aromatic heterocycles. The Labute approximate surface area is 67.2 Å². The van der Waals surface area contributed by atoms with Gasteiger partial charge in [-0.15, -0.1) is 0 Å². The van der Waals surface area contributed by atoms with Crippen LogP contribution in [0.1, 0.15) is 31.3 Å². The molecule has 1 aromatic rings. The van der Waals surface area contributed by atoms with Crippen LogP contribution in [0.2, 0.25) is 0 Å².